The molecule has 0 unspecified atom stereocenters. The van der Waals surface area contributed by atoms with E-state index in [9.17, 15) is 0 Å². The van der Waals surface area contributed by atoms with Crippen LogP contribution >= 0.6 is 11.3 Å². The lowest BCUT2D eigenvalue weighted by Crippen LogP contribution is -2.41. The van der Waals surface area contributed by atoms with Crippen LogP contribution in [0.1, 0.15) is 26.5 Å². The van der Waals surface area contributed by atoms with Crippen LogP contribution in [-0.2, 0) is 4.74 Å². The van der Waals surface area contributed by atoms with Crippen LogP contribution in [0.5, 0.6) is 0 Å². The van der Waals surface area contributed by atoms with Gasteiger partial charge in [-0.15, -0.1) is 11.3 Å². The number of benzene rings is 1. The molecule has 0 saturated carbocycles. The van der Waals surface area contributed by atoms with Gasteiger partial charge in [0.2, 0.25) is 0 Å². The SMILES string of the molecule is COC(C)(C)[C@@H](C)Nc1ccc(-c2nc(C)cs2)cc1. The van der Waals surface area contributed by atoms with E-state index in [1.54, 1.807) is 18.4 Å². The molecule has 0 aliphatic heterocycles. The molecule has 1 atom stereocenters. The molecule has 2 rings (SSSR count). The normalized spacial score (nSPS) is 13.2. The van der Waals surface area contributed by atoms with E-state index in [1.165, 1.54) is 0 Å². The number of hydrogen-bond donors (Lipinski definition) is 1. The van der Waals surface area contributed by atoms with Gasteiger partial charge in [0.05, 0.1) is 11.6 Å². The standard InChI is InChI=1S/C16H22N2OS/c1-11-10-20-15(17-11)13-6-8-14(9-7-13)18-12(2)16(3,4)19-5/h6-10,12,18H,1-5H3/t12-/m1/s1. The van der Waals surface area contributed by atoms with Crippen LogP contribution in [-0.4, -0.2) is 23.7 Å². The predicted octanol–water partition coefficient (Wildman–Crippen LogP) is 4.34. The van der Waals surface area contributed by atoms with E-state index in [0.717, 1.165) is 22.0 Å². The second-order valence-electron chi connectivity index (χ2n) is 5.54. The largest absolute Gasteiger partial charge is 0.380 e. The van der Waals surface area contributed by atoms with Crippen molar-refractivity contribution < 1.29 is 4.74 Å². The minimum Gasteiger partial charge on any atom is -0.380 e. The number of nitrogens with one attached hydrogen (secondary N) is 1. The molecule has 1 aromatic heterocycles. The van der Waals surface area contributed by atoms with E-state index in [2.05, 4.69) is 60.7 Å². The predicted molar refractivity (Wildman–Crippen MR) is 86.5 cm³/mol. The van der Waals surface area contributed by atoms with E-state index < -0.39 is 0 Å². The van der Waals surface area contributed by atoms with E-state index in [1.807, 2.05) is 6.92 Å². The third-order valence-corrected chi connectivity index (χ3v) is 4.71. The molecule has 2 aromatic rings. The minimum absolute atomic E-state index is 0.203. The van der Waals surface area contributed by atoms with Gasteiger partial charge in [-0.2, -0.15) is 0 Å². The van der Waals surface area contributed by atoms with Gasteiger partial charge in [-0.1, -0.05) is 0 Å². The second-order valence-corrected chi connectivity index (χ2v) is 6.40. The molecule has 0 aliphatic carbocycles. The first-order chi connectivity index (χ1) is 9.42. The third kappa shape index (κ3) is 3.38. The maximum atomic E-state index is 5.50. The molecule has 20 heavy (non-hydrogen) atoms. The van der Waals surface area contributed by atoms with Gasteiger partial charge < -0.3 is 10.1 Å². The Labute approximate surface area is 125 Å². The van der Waals surface area contributed by atoms with Crippen molar-refractivity contribution in [2.24, 2.45) is 0 Å². The molecule has 1 heterocycles. The zero-order valence-corrected chi connectivity index (χ0v) is 13.5. The number of thiazole rings is 1. The topological polar surface area (TPSA) is 34.1 Å². The Morgan fingerprint density at radius 1 is 1.25 bits per heavy atom. The molecule has 0 bridgehead atoms. The highest BCUT2D eigenvalue weighted by molar-refractivity contribution is 7.13. The second kappa shape index (κ2) is 5.94. The highest BCUT2D eigenvalue weighted by atomic mass is 32.1. The fraction of sp³-hybridized carbons (Fsp3) is 0.438. The Bertz CT molecular complexity index is 560. The Morgan fingerprint density at radius 3 is 2.40 bits per heavy atom. The van der Waals surface area contributed by atoms with Gasteiger partial charge in [-0.25, -0.2) is 4.98 Å². The molecule has 1 aromatic carbocycles. The summed E-state index contributed by atoms with van der Waals surface area (Å²) in [7, 11) is 1.74. The molecule has 0 fully saturated rings. The van der Waals surface area contributed by atoms with Gasteiger partial charge in [0.25, 0.3) is 0 Å². The number of hydrogen-bond acceptors (Lipinski definition) is 4. The number of nitrogens with zero attached hydrogens (tertiary/aromatic N) is 1. The zero-order valence-electron chi connectivity index (χ0n) is 12.7. The molecule has 0 amide bonds. The molecule has 3 nitrogen and oxygen atoms in total. The summed E-state index contributed by atoms with van der Waals surface area (Å²) in [6, 6.07) is 8.61. The molecule has 0 radical (unpaired) electrons. The lowest BCUT2D eigenvalue weighted by molar-refractivity contribution is 0.0107. The van der Waals surface area contributed by atoms with Crippen molar-refractivity contribution in [1.29, 1.82) is 0 Å². The van der Waals surface area contributed by atoms with Gasteiger partial charge in [0.1, 0.15) is 5.01 Å². The average Bonchev–Trinajstić information content (AvgIpc) is 2.86. The van der Waals surface area contributed by atoms with Gasteiger partial charge >= 0.3 is 0 Å². The third-order valence-electron chi connectivity index (χ3n) is 3.70. The first-order valence-corrected chi connectivity index (χ1v) is 7.64. The Kier molecular flexibility index (Phi) is 4.45. The summed E-state index contributed by atoms with van der Waals surface area (Å²) in [5.74, 6) is 0. The quantitative estimate of drug-likeness (QED) is 0.889. The van der Waals surface area contributed by atoms with Crippen LogP contribution in [0.3, 0.4) is 0 Å². The molecule has 108 valence electrons. The molecular weight excluding hydrogens is 268 g/mol. The molecule has 0 aliphatic rings. The number of ether oxygens (including phenoxy) is 1. The summed E-state index contributed by atoms with van der Waals surface area (Å²) in [4.78, 5) is 4.50. The summed E-state index contributed by atoms with van der Waals surface area (Å²) in [5, 5.41) is 6.62. The number of aryl methyl sites for hydroxylation is 1. The fourth-order valence-corrected chi connectivity index (χ4v) is 2.60. The van der Waals surface area contributed by atoms with Crippen molar-refractivity contribution in [3.05, 3.63) is 35.3 Å². The monoisotopic (exact) mass is 290 g/mol. The smallest absolute Gasteiger partial charge is 0.123 e. The fourth-order valence-electron chi connectivity index (χ4n) is 1.80. The van der Waals surface area contributed by atoms with Crippen LogP contribution in [0.2, 0.25) is 0 Å². The van der Waals surface area contributed by atoms with Crippen LogP contribution in [0.4, 0.5) is 5.69 Å². The highest BCUT2D eigenvalue weighted by Gasteiger charge is 2.24. The van der Waals surface area contributed by atoms with Crippen LogP contribution in [0.25, 0.3) is 10.6 Å². The summed E-state index contributed by atoms with van der Waals surface area (Å²) in [6.07, 6.45) is 0. The summed E-state index contributed by atoms with van der Waals surface area (Å²) in [6.45, 7) is 8.31. The molecule has 0 spiro atoms. The zero-order chi connectivity index (χ0) is 14.8. The first kappa shape index (κ1) is 15.0. The van der Waals surface area contributed by atoms with Gasteiger partial charge in [0, 0.05) is 29.4 Å². The van der Waals surface area contributed by atoms with Gasteiger partial charge in [-0.05, 0) is 52.0 Å². The number of methoxy groups -OCH3 is 1. The molecule has 1 N–H and O–H groups in total. The molecule has 4 heteroatoms. The first-order valence-electron chi connectivity index (χ1n) is 6.76. The lowest BCUT2D eigenvalue weighted by Gasteiger charge is -2.31. The highest BCUT2D eigenvalue weighted by Crippen LogP contribution is 2.26. The molecular formula is C16H22N2OS. The maximum Gasteiger partial charge on any atom is 0.123 e. The Morgan fingerprint density at radius 2 is 1.90 bits per heavy atom. The van der Waals surface area contributed by atoms with E-state index >= 15 is 0 Å². The van der Waals surface area contributed by atoms with E-state index in [-0.39, 0.29) is 11.6 Å². The Balaban J connectivity index is 2.09. The molecule has 0 saturated heterocycles. The van der Waals surface area contributed by atoms with Gasteiger partial charge in [-0.3, -0.25) is 0 Å². The minimum atomic E-state index is -0.203. The van der Waals surface area contributed by atoms with Crippen molar-refractivity contribution in [3.8, 4) is 10.6 Å². The summed E-state index contributed by atoms with van der Waals surface area (Å²) >= 11 is 1.68. The average molecular weight is 290 g/mol. The van der Waals surface area contributed by atoms with E-state index in [4.69, 9.17) is 4.74 Å². The number of anilines is 1. The van der Waals surface area contributed by atoms with Crippen LogP contribution in [0.15, 0.2) is 29.6 Å². The van der Waals surface area contributed by atoms with Crippen molar-refractivity contribution >= 4 is 17.0 Å². The van der Waals surface area contributed by atoms with E-state index in [0.29, 0.717) is 0 Å². The Hall–Kier alpha value is -1.39. The number of aromatic nitrogens is 1. The number of rotatable bonds is 5. The van der Waals surface area contributed by atoms with Gasteiger partial charge in [0.15, 0.2) is 0 Å². The summed E-state index contributed by atoms with van der Waals surface area (Å²) < 4.78 is 5.50. The lowest BCUT2D eigenvalue weighted by atomic mass is 10.00. The maximum absolute atomic E-state index is 5.50. The van der Waals surface area contributed by atoms with Crippen molar-refractivity contribution in [2.45, 2.75) is 39.3 Å². The summed E-state index contributed by atoms with van der Waals surface area (Å²) in [5.41, 5.74) is 3.13. The van der Waals surface area contributed by atoms with Crippen molar-refractivity contribution in [2.75, 3.05) is 12.4 Å². The van der Waals surface area contributed by atoms with Crippen LogP contribution in [0, 0.1) is 6.92 Å². The van der Waals surface area contributed by atoms with Crippen LogP contribution < -0.4 is 5.32 Å². The van der Waals surface area contributed by atoms with Crippen molar-refractivity contribution in [3.63, 3.8) is 0 Å². The van der Waals surface area contributed by atoms with Crippen molar-refractivity contribution in [1.82, 2.24) is 4.98 Å².